The van der Waals surface area contributed by atoms with Gasteiger partial charge in [0, 0.05) is 75.2 Å². The fraction of sp³-hybridized carbons (Fsp3) is 0.318. The molecule has 0 bridgehead atoms. The van der Waals surface area contributed by atoms with Crippen LogP contribution in [0.5, 0.6) is 23.0 Å². The molecule has 6 aromatic rings. The number of hydrogen-bond donors (Lipinski definition) is 2. The van der Waals surface area contributed by atoms with Gasteiger partial charge in [0.2, 0.25) is 0 Å². The van der Waals surface area contributed by atoms with Crippen LogP contribution in [0.1, 0.15) is 37.1 Å². The summed E-state index contributed by atoms with van der Waals surface area (Å²) in [5.41, 5.74) is 4.40. The molecule has 11 heteroatoms. The molecular weight excluding hydrogens is 693 g/mol. The van der Waals surface area contributed by atoms with E-state index in [0.29, 0.717) is 11.5 Å². The van der Waals surface area contributed by atoms with Crippen molar-refractivity contribution in [1.29, 1.82) is 0 Å². The Labute approximate surface area is 323 Å². The molecular formula is C44H52N6O5. The van der Waals surface area contributed by atoms with Crippen molar-refractivity contribution < 1.29 is 25.2 Å². The predicted octanol–water partition coefficient (Wildman–Crippen LogP) is 6.84. The Morgan fingerprint density at radius 3 is 1.27 bits per heavy atom. The Hall–Kier alpha value is -5.62. The number of fused-ring (bicyclic) bond motifs is 2. The van der Waals surface area contributed by atoms with Gasteiger partial charge in [-0.15, -0.1) is 0 Å². The van der Waals surface area contributed by atoms with E-state index in [1.54, 1.807) is 26.4 Å². The van der Waals surface area contributed by atoms with Crippen LogP contribution in [0.15, 0.2) is 109 Å². The SMILES string of the molecule is COc1cc(C(C)N2CCN(c3ccc4ccccc4n3)CC2)ccc1O.COc1cc(C(C)N2CCN(c3ccc4ccccc4n3)CC2)ccc1O.O. The molecule has 8 rings (SSSR count). The fourth-order valence-corrected chi connectivity index (χ4v) is 7.47. The van der Waals surface area contributed by atoms with E-state index in [1.165, 1.54) is 10.8 Å². The van der Waals surface area contributed by atoms with Gasteiger partial charge in [-0.1, -0.05) is 48.5 Å². The summed E-state index contributed by atoms with van der Waals surface area (Å²) in [7, 11) is 3.16. The lowest BCUT2D eigenvalue weighted by molar-refractivity contribution is 0.198. The van der Waals surface area contributed by atoms with Crippen LogP contribution in [0.4, 0.5) is 11.6 Å². The van der Waals surface area contributed by atoms with Gasteiger partial charge in [-0.2, -0.15) is 0 Å². The summed E-state index contributed by atoms with van der Waals surface area (Å²) in [6, 6.07) is 36.8. The van der Waals surface area contributed by atoms with Crippen LogP contribution in [0, 0.1) is 0 Å². The summed E-state index contributed by atoms with van der Waals surface area (Å²) in [5.74, 6) is 3.51. The van der Waals surface area contributed by atoms with Crippen molar-refractivity contribution in [2.24, 2.45) is 0 Å². The fourth-order valence-electron chi connectivity index (χ4n) is 7.47. The molecule has 4 N–H and O–H groups in total. The van der Waals surface area contributed by atoms with E-state index < -0.39 is 0 Å². The largest absolute Gasteiger partial charge is 0.504 e. The van der Waals surface area contributed by atoms with Crippen molar-refractivity contribution in [3.8, 4) is 23.0 Å². The van der Waals surface area contributed by atoms with Gasteiger partial charge in [0.25, 0.3) is 0 Å². The van der Waals surface area contributed by atoms with Gasteiger partial charge in [0.1, 0.15) is 11.6 Å². The molecule has 11 nitrogen and oxygen atoms in total. The molecule has 288 valence electrons. The number of benzene rings is 4. The third-order valence-electron chi connectivity index (χ3n) is 10.9. The Bertz CT molecular complexity index is 2030. The highest BCUT2D eigenvalue weighted by atomic mass is 16.5. The Kier molecular flexibility index (Phi) is 12.6. The monoisotopic (exact) mass is 744 g/mol. The van der Waals surface area contributed by atoms with Crippen LogP contribution < -0.4 is 19.3 Å². The maximum Gasteiger partial charge on any atom is 0.160 e. The molecule has 4 aromatic carbocycles. The van der Waals surface area contributed by atoms with E-state index in [9.17, 15) is 10.2 Å². The molecule has 0 spiro atoms. The molecule has 2 atom stereocenters. The zero-order valence-corrected chi connectivity index (χ0v) is 32.1. The quantitative estimate of drug-likeness (QED) is 0.171. The van der Waals surface area contributed by atoms with Crippen LogP contribution in [-0.2, 0) is 0 Å². The lowest BCUT2D eigenvalue weighted by Crippen LogP contribution is -2.47. The topological polar surface area (TPSA) is 129 Å². The number of ether oxygens (including phenoxy) is 2. The highest BCUT2D eigenvalue weighted by molar-refractivity contribution is 5.81. The normalized spacial score (nSPS) is 16.1. The van der Waals surface area contributed by atoms with Gasteiger partial charge in [0.05, 0.1) is 25.3 Å². The predicted molar refractivity (Wildman–Crippen MR) is 221 cm³/mol. The molecule has 2 aromatic heterocycles. The first kappa shape index (κ1) is 39.1. The second-order valence-corrected chi connectivity index (χ2v) is 14.0. The molecule has 0 saturated carbocycles. The van der Waals surface area contributed by atoms with Crippen LogP contribution in [0.25, 0.3) is 21.8 Å². The van der Waals surface area contributed by atoms with Gasteiger partial charge in [-0.05, 0) is 85.6 Å². The summed E-state index contributed by atoms with van der Waals surface area (Å²) in [6.45, 7) is 12.1. The van der Waals surface area contributed by atoms with E-state index >= 15 is 0 Å². The van der Waals surface area contributed by atoms with E-state index in [1.807, 2.05) is 48.5 Å². The van der Waals surface area contributed by atoms with Crippen molar-refractivity contribution in [1.82, 2.24) is 19.8 Å². The number of para-hydroxylation sites is 2. The van der Waals surface area contributed by atoms with Crippen molar-refractivity contribution in [3.63, 3.8) is 0 Å². The maximum absolute atomic E-state index is 9.81. The van der Waals surface area contributed by atoms with E-state index in [0.717, 1.165) is 86.2 Å². The molecule has 4 heterocycles. The molecule has 2 aliphatic rings. The Balaban J connectivity index is 0.000000184. The first-order chi connectivity index (χ1) is 26.3. The molecule has 2 saturated heterocycles. The van der Waals surface area contributed by atoms with Crippen LogP contribution in [0.2, 0.25) is 0 Å². The first-order valence-corrected chi connectivity index (χ1v) is 18.7. The van der Waals surface area contributed by atoms with Gasteiger partial charge in [0.15, 0.2) is 23.0 Å². The van der Waals surface area contributed by atoms with Crippen molar-refractivity contribution in [2.75, 3.05) is 76.4 Å². The molecule has 2 aliphatic heterocycles. The summed E-state index contributed by atoms with van der Waals surface area (Å²) in [6.07, 6.45) is 0. The second kappa shape index (κ2) is 17.7. The van der Waals surface area contributed by atoms with Crippen molar-refractivity contribution >= 4 is 33.4 Å². The minimum absolute atomic E-state index is 0. The standard InChI is InChI=1S/2C22H25N3O2.H2O/c2*1-16(18-7-9-20(26)21(15-18)27-2)24-11-13-25(14-12-24)22-10-8-17-5-3-4-6-19(17)23-22;/h2*3-10,15-16,26H,11-14H2,1-2H3;1H2. The number of aromatic hydroxyl groups is 2. The maximum atomic E-state index is 9.81. The van der Waals surface area contributed by atoms with Gasteiger partial charge in [-0.25, -0.2) is 9.97 Å². The summed E-state index contributed by atoms with van der Waals surface area (Å²) < 4.78 is 10.5. The summed E-state index contributed by atoms with van der Waals surface area (Å²) >= 11 is 0. The lowest BCUT2D eigenvalue weighted by Gasteiger charge is -2.38. The minimum atomic E-state index is 0. The zero-order chi connectivity index (χ0) is 37.6. The van der Waals surface area contributed by atoms with E-state index in [2.05, 4.69) is 82.0 Å². The van der Waals surface area contributed by atoms with E-state index in [4.69, 9.17) is 19.4 Å². The number of anilines is 2. The zero-order valence-electron chi connectivity index (χ0n) is 32.1. The van der Waals surface area contributed by atoms with Gasteiger partial charge in [-0.3, -0.25) is 9.80 Å². The third-order valence-corrected chi connectivity index (χ3v) is 10.9. The minimum Gasteiger partial charge on any atom is -0.504 e. The lowest BCUT2D eigenvalue weighted by atomic mass is 10.1. The summed E-state index contributed by atoms with van der Waals surface area (Å²) in [4.78, 5) is 19.3. The Morgan fingerprint density at radius 2 is 0.891 bits per heavy atom. The molecule has 2 fully saturated rings. The molecule has 2 unspecified atom stereocenters. The first-order valence-electron chi connectivity index (χ1n) is 18.7. The van der Waals surface area contributed by atoms with Crippen LogP contribution in [-0.4, -0.2) is 102 Å². The van der Waals surface area contributed by atoms with Crippen LogP contribution in [0.3, 0.4) is 0 Å². The number of nitrogens with zero attached hydrogens (tertiary/aromatic N) is 6. The third kappa shape index (κ3) is 8.86. The van der Waals surface area contributed by atoms with E-state index in [-0.39, 0.29) is 29.1 Å². The number of aromatic nitrogens is 2. The number of pyridine rings is 2. The average molecular weight is 745 g/mol. The highest BCUT2D eigenvalue weighted by Crippen LogP contribution is 2.33. The Morgan fingerprint density at radius 1 is 0.509 bits per heavy atom. The van der Waals surface area contributed by atoms with Crippen molar-refractivity contribution in [2.45, 2.75) is 25.9 Å². The highest BCUT2D eigenvalue weighted by Gasteiger charge is 2.25. The average Bonchev–Trinajstić information content (AvgIpc) is 3.23. The number of methoxy groups -OCH3 is 2. The van der Waals surface area contributed by atoms with Crippen LogP contribution >= 0.6 is 0 Å². The van der Waals surface area contributed by atoms with Gasteiger partial charge >= 0.3 is 0 Å². The van der Waals surface area contributed by atoms with Crippen molar-refractivity contribution in [3.05, 3.63) is 120 Å². The number of piperazine rings is 2. The van der Waals surface area contributed by atoms with Gasteiger partial charge < -0.3 is 35.0 Å². The molecule has 0 amide bonds. The second-order valence-electron chi connectivity index (χ2n) is 14.0. The molecule has 0 aliphatic carbocycles. The molecule has 0 radical (unpaired) electrons. The number of rotatable bonds is 8. The number of phenols is 2. The number of hydrogen-bond acceptors (Lipinski definition) is 10. The number of phenolic OH excluding ortho intramolecular Hbond substituents is 2. The summed E-state index contributed by atoms with van der Waals surface area (Å²) in [5, 5.41) is 22.0. The molecule has 55 heavy (non-hydrogen) atoms. The smallest absolute Gasteiger partial charge is 0.160 e.